The summed E-state index contributed by atoms with van der Waals surface area (Å²) in [7, 11) is 1.70. The Labute approximate surface area is 121 Å². The van der Waals surface area contributed by atoms with Crippen molar-refractivity contribution in [1.29, 1.82) is 0 Å². The molecule has 1 N–H and O–H groups in total. The molecule has 1 atom stereocenters. The Morgan fingerprint density at radius 2 is 1.65 bits per heavy atom. The molecule has 0 aliphatic carbocycles. The van der Waals surface area contributed by atoms with Gasteiger partial charge < -0.3 is 10.1 Å². The van der Waals surface area contributed by atoms with Gasteiger partial charge in [0.05, 0.1) is 7.11 Å². The van der Waals surface area contributed by atoms with Crippen LogP contribution in [0.5, 0.6) is 5.75 Å². The number of nitrogens with one attached hydrogen (secondary N) is 1. The van der Waals surface area contributed by atoms with E-state index in [1.165, 1.54) is 16.7 Å². The summed E-state index contributed by atoms with van der Waals surface area (Å²) < 4.78 is 5.29. The van der Waals surface area contributed by atoms with Crippen molar-refractivity contribution in [3.8, 4) is 5.75 Å². The summed E-state index contributed by atoms with van der Waals surface area (Å²) in [5.41, 5.74) is 6.24. The molecule has 0 bridgehead atoms. The normalized spacial score (nSPS) is 12.1. The molecule has 2 aromatic rings. The van der Waals surface area contributed by atoms with Crippen molar-refractivity contribution in [3.05, 3.63) is 58.7 Å². The van der Waals surface area contributed by atoms with Crippen molar-refractivity contribution in [2.45, 2.75) is 33.7 Å². The van der Waals surface area contributed by atoms with Crippen molar-refractivity contribution in [3.63, 3.8) is 0 Å². The second-order valence-electron chi connectivity index (χ2n) is 5.39. The predicted molar refractivity (Wildman–Crippen MR) is 85.7 cm³/mol. The fourth-order valence-corrected chi connectivity index (χ4v) is 2.34. The van der Waals surface area contributed by atoms with Gasteiger partial charge in [-0.15, -0.1) is 0 Å². The Morgan fingerprint density at radius 1 is 0.900 bits per heavy atom. The zero-order chi connectivity index (χ0) is 14.7. The molecule has 0 fully saturated rings. The topological polar surface area (TPSA) is 21.3 Å². The first-order valence-corrected chi connectivity index (χ1v) is 6.99. The highest BCUT2D eigenvalue weighted by Crippen LogP contribution is 2.25. The molecule has 0 spiro atoms. The zero-order valence-electron chi connectivity index (χ0n) is 12.9. The zero-order valence-corrected chi connectivity index (χ0v) is 12.9. The molecule has 0 aliphatic rings. The lowest BCUT2D eigenvalue weighted by Crippen LogP contribution is -2.07. The van der Waals surface area contributed by atoms with Crippen LogP contribution in [-0.4, -0.2) is 7.11 Å². The number of anilines is 1. The maximum atomic E-state index is 5.29. The first-order valence-electron chi connectivity index (χ1n) is 6.99. The molecule has 1 unspecified atom stereocenters. The average Bonchev–Trinajstić information content (AvgIpc) is 2.42. The molecule has 0 amide bonds. The van der Waals surface area contributed by atoms with E-state index in [-0.39, 0.29) is 6.04 Å². The number of methoxy groups -OCH3 is 1. The minimum Gasteiger partial charge on any atom is -0.496 e. The molecule has 2 nitrogen and oxygen atoms in total. The summed E-state index contributed by atoms with van der Waals surface area (Å²) in [4.78, 5) is 0. The van der Waals surface area contributed by atoms with E-state index in [4.69, 9.17) is 4.74 Å². The second kappa shape index (κ2) is 6.00. The van der Waals surface area contributed by atoms with Gasteiger partial charge in [0.2, 0.25) is 0 Å². The molecule has 106 valence electrons. The van der Waals surface area contributed by atoms with E-state index in [0.29, 0.717) is 0 Å². The predicted octanol–water partition coefficient (Wildman–Crippen LogP) is 4.79. The van der Waals surface area contributed by atoms with E-state index in [0.717, 1.165) is 17.0 Å². The Kier molecular flexibility index (Phi) is 4.33. The second-order valence-corrected chi connectivity index (χ2v) is 5.39. The summed E-state index contributed by atoms with van der Waals surface area (Å²) in [6.07, 6.45) is 0. The summed E-state index contributed by atoms with van der Waals surface area (Å²) in [6.45, 7) is 8.54. The van der Waals surface area contributed by atoms with Gasteiger partial charge in [-0.2, -0.15) is 0 Å². The summed E-state index contributed by atoms with van der Waals surface area (Å²) in [6, 6.07) is 13.1. The minimum absolute atomic E-state index is 0.280. The largest absolute Gasteiger partial charge is 0.496 e. The van der Waals surface area contributed by atoms with Gasteiger partial charge in [0.15, 0.2) is 0 Å². The van der Waals surface area contributed by atoms with Crippen LogP contribution < -0.4 is 10.1 Å². The number of hydrogen-bond donors (Lipinski definition) is 1. The Balaban J connectivity index is 2.16. The fourth-order valence-electron chi connectivity index (χ4n) is 2.34. The molecule has 0 saturated carbocycles. The Bertz CT molecular complexity index is 604. The molecule has 0 saturated heterocycles. The number of rotatable bonds is 4. The monoisotopic (exact) mass is 269 g/mol. The highest BCUT2D eigenvalue weighted by molar-refractivity contribution is 5.52. The van der Waals surface area contributed by atoms with E-state index in [9.17, 15) is 0 Å². The number of benzene rings is 2. The molecule has 0 aromatic heterocycles. The van der Waals surface area contributed by atoms with E-state index in [1.54, 1.807) is 7.11 Å². The standard InChI is InChI=1S/C18H23NO/c1-12-6-7-16(10-13(12)2)15(4)19-17-8-9-18(20-5)14(3)11-17/h6-11,15,19H,1-5H3. The van der Waals surface area contributed by atoms with Gasteiger partial charge in [0, 0.05) is 11.7 Å². The summed E-state index contributed by atoms with van der Waals surface area (Å²) in [5.74, 6) is 0.925. The summed E-state index contributed by atoms with van der Waals surface area (Å²) >= 11 is 0. The fraction of sp³-hybridized carbons (Fsp3) is 0.333. The number of hydrogen-bond acceptors (Lipinski definition) is 2. The summed E-state index contributed by atoms with van der Waals surface area (Å²) in [5, 5.41) is 3.54. The molecule has 0 aliphatic heterocycles. The number of ether oxygens (including phenoxy) is 1. The lowest BCUT2D eigenvalue weighted by Gasteiger charge is -2.18. The van der Waals surface area contributed by atoms with Crippen LogP contribution in [0.15, 0.2) is 36.4 Å². The number of aryl methyl sites for hydroxylation is 3. The van der Waals surface area contributed by atoms with Crippen LogP contribution in [-0.2, 0) is 0 Å². The highest BCUT2D eigenvalue weighted by atomic mass is 16.5. The first-order chi connectivity index (χ1) is 9.51. The Morgan fingerprint density at radius 3 is 2.25 bits per heavy atom. The first kappa shape index (κ1) is 14.4. The van der Waals surface area contributed by atoms with E-state index in [2.05, 4.69) is 63.3 Å². The van der Waals surface area contributed by atoms with Crippen LogP contribution in [0.25, 0.3) is 0 Å². The van der Waals surface area contributed by atoms with Crippen LogP contribution in [0.3, 0.4) is 0 Å². The van der Waals surface area contributed by atoms with Crippen LogP contribution in [0.4, 0.5) is 5.69 Å². The highest BCUT2D eigenvalue weighted by Gasteiger charge is 2.07. The lowest BCUT2D eigenvalue weighted by molar-refractivity contribution is 0.412. The molecule has 2 heteroatoms. The maximum absolute atomic E-state index is 5.29. The lowest BCUT2D eigenvalue weighted by atomic mass is 10.0. The third-order valence-electron chi connectivity index (χ3n) is 3.81. The van der Waals surface area contributed by atoms with E-state index in [1.807, 2.05) is 6.07 Å². The SMILES string of the molecule is COc1ccc(NC(C)c2ccc(C)c(C)c2)cc1C. The van der Waals surface area contributed by atoms with Gasteiger partial charge in [0.1, 0.15) is 5.75 Å². The van der Waals surface area contributed by atoms with Gasteiger partial charge in [0.25, 0.3) is 0 Å². The smallest absolute Gasteiger partial charge is 0.121 e. The van der Waals surface area contributed by atoms with E-state index >= 15 is 0 Å². The quantitative estimate of drug-likeness (QED) is 0.861. The Hall–Kier alpha value is -1.96. The third-order valence-corrected chi connectivity index (χ3v) is 3.81. The third kappa shape index (κ3) is 3.13. The van der Waals surface area contributed by atoms with Crippen molar-refractivity contribution in [2.24, 2.45) is 0 Å². The average molecular weight is 269 g/mol. The molecule has 2 aromatic carbocycles. The van der Waals surface area contributed by atoms with Gasteiger partial charge >= 0.3 is 0 Å². The molecule has 0 heterocycles. The van der Waals surface area contributed by atoms with Crippen LogP contribution >= 0.6 is 0 Å². The maximum Gasteiger partial charge on any atom is 0.121 e. The molecule has 20 heavy (non-hydrogen) atoms. The molecule has 0 radical (unpaired) electrons. The van der Waals surface area contributed by atoms with Crippen LogP contribution in [0, 0.1) is 20.8 Å². The molecular weight excluding hydrogens is 246 g/mol. The van der Waals surface area contributed by atoms with Crippen molar-refractivity contribution >= 4 is 5.69 Å². The van der Waals surface area contributed by atoms with Crippen molar-refractivity contribution < 1.29 is 4.74 Å². The van der Waals surface area contributed by atoms with Crippen LogP contribution in [0.2, 0.25) is 0 Å². The molecular formula is C18H23NO. The van der Waals surface area contributed by atoms with Crippen LogP contribution in [0.1, 0.15) is 35.2 Å². The van der Waals surface area contributed by atoms with Gasteiger partial charge in [-0.25, -0.2) is 0 Å². The minimum atomic E-state index is 0.280. The van der Waals surface area contributed by atoms with Crippen molar-refractivity contribution in [2.75, 3.05) is 12.4 Å². The van der Waals surface area contributed by atoms with Gasteiger partial charge in [-0.1, -0.05) is 18.2 Å². The van der Waals surface area contributed by atoms with Gasteiger partial charge in [-0.05, 0) is 68.1 Å². The molecule has 2 rings (SSSR count). The van der Waals surface area contributed by atoms with Crippen molar-refractivity contribution in [1.82, 2.24) is 0 Å². The van der Waals surface area contributed by atoms with Gasteiger partial charge in [-0.3, -0.25) is 0 Å². The van der Waals surface area contributed by atoms with E-state index < -0.39 is 0 Å².